The van der Waals surface area contributed by atoms with Gasteiger partial charge in [0.2, 0.25) is 5.91 Å². The van der Waals surface area contributed by atoms with Gasteiger partial charge in [-0.15, -0.1) is 0 Å². The summed E-state index contributed by atoms with van der Waals surface area (Å²) in [6, 6.07) is 8.04. The minimum Gasteiger partial charge on any atom is -0.336 e. The smallest absolute Gasteiger partial charge is 0.223 e. The molecule has 4 nitrogen and oxygen atoms in total. The third-order valence-electron chi connectivity index (χ3n) is 5.05. The highest BCUT2D eigenvalue weighted by molar-refractivity contribution is 6.30. The van der Waals surface area contributed by atoms with E-state index >= 15 is 0 Å². The number of hydrogen-bond acceptors (Lipinski definition) is 2. The van der Waals surface area contributed by atoms with E-state index in [4.69, 9.17) is 11.6 Å². The molecule has 1 atom stereocenters. The predicted octanol–water partition coefficient (Wildman–Crippen LogP) is 3.99. The van der Waals surface area contributed by atoms with E-state index in [0.29, 0.717) is 6.42 Å². The van der Waals surface area contributed by atoms with Crippen LogP contribution < -0.4 is 0 Å². The van der Waals surface area contributed by atoms with E-state index in [9.17, 15) is 4.79 Å². The number of rotatable bonds is 4. The van der Waals surface area contributed by atoms with Crippen molar-refractivity contribution in [2.24, 2.45) is 7.05 Å². The molecule has 0 bridgehead atoms. The van der Waals surface area contributed by atoms with Gasteiger partial charge >= 0.3 is 0 Å². The van der Waals surface area contributed by atoms with Crippen LogP contribution in [0.25, 0.3) is 0 Å². The summed E-state index contributed by atoms with van der Waals surface area (Å²) in [5.74, 6) is 0.222. The highest BCUT2D eigenvalue weighted by atomic mass is 35.5. The average Bonchev–Trinajstić information content (AvgIpc) is 3.12. The number of aryl methyl sites for hydroxylation is 2. The molecule has 1 aliphatic rings. The highest BCUT2D eigenvalue weighted by Gasteiger charge is 2.29. The van der Waals surface area contributed by atoms with E-state index < -0.39 is 0 Å². The first-order valence-electron chi connectivity index (χ1n) is 8.51. The van der Waals surface area contributed by atoms with Crippen LogP contribution in [0, 0.1) is 13.8 Å². The molecule has 1 aromatic heterocycles. The molecule has 1 aliphatic heterocycles. The Hall–Kier alpha value is -1.81. The van der Waals surface area contributed by atoms with Crippen LogP contribution in [0.1, 0.15) is 47.8 Å². The Bertz CT molecular complexity index is 753. The monoisotopic (exact) mass is 345 g/mol. The number of nitrogens with zero attached hydrogens (tertiary/aromatic N) is 3. The normalized spacial score (nSPS) is 17.5. The molecule has 24 heavy (non-hydrogen) atoms. The molecule has 0 radical (unpaired) electrons. The molecule has 1 amide bonds. The zero-order chi connectivity index (χ0) is 17.3. The Morgan fingerprint density at radius 3 is 2.83 bits per heavy atom. The molecule has 2 aromatic rings. The molecular weight excluding hydrogens is 322 g/mol. The van der Waals surface area contributed by atoms with Crippen LogP contribution in [-0.4, -0.2) is 27.1 Å². The fourth-order valence-electron chi connectivity index (χ4n) is 3.68. The SMILES string of the molecule is Cc1nn(C)c(C)c1CCC(=O)N1CCC[C@H]1c1cccc(Cl)c1. The zero-order valence-electron chi connectivity index (χ0n) is 14.6. The lowest BCUT2D eigenvalue weighted by atomic mass is 10.0. The number of carbonyl (C=O) groups excluding carboxylic acids is 1. The van der Waals surface area contributed by atoms with Crippen LogP contribution in [0.3, 0.4) is 0 Å². The number of carbonyl (C=O) groups is 1. The van der Waals surface area contributed by atoms with Crippen molar-refractivity contribution >= 4 is 17.5 Å². The summed E-state index contributed by atoms with van der Waals surface area (Å²) in [6.07, 6.45) is 3.35. The first-order chi connectivity index (χ1) is 11.5. The van der Waals surface area contributed by atoms with Crippen LogP contribution in [0.15, 0.2) is 24.3 Å². The van der Waals surface area contributed by atoms with Gasteiger partial charge in [0, 0.05) is 30.7 Å². The fraction of sp³-hybridized carbons (Fsp3) is 0.474. The molecule has 3 rings (SSSR count). The summed E-state index contributed by atoms with van der Waals surface area (Å²) >= 11 is 6.12. The molecule has 0 unspecified atom stereocenters. The molecule has 2 heterocycles. The maximum atomic E-state index is 12.8. The second-order valence-corrected chi connectivity index (χ2v) is 7.01. The van der Waals surface area contributed by atoms with Crippen molar-refractivity contribution in [1.29, 1.82) is 0 Å². The summed E-state index contributed by atoms with van der Waals surface area (Å²) in [7, 11) is 1.95. The lowest BCUT2D eigenvalue weighted by Crippen LogP contribution is -2.30. The Kier molecular flexibility index (Phi) is 4.95. The molecule has 0 spiro atoms. The van der Waals surface area contributed by atoms with Gasteiger partial charge in [0.15, 0.2) is 0 Å². The Morgan fingerprint density at radius 2 is 2.17 bits per heavy atom. The van der Waals surface area contributed by atoms with Gasteiger partial charge < -0.3 is 4.90 Å². The summed E-state index contributed by atoms with van der Waals surface area (Å²) < 4.78 is 1.89. The first-order valence-corrected chi connectivity index (χ1v) is 8.89. The van der Waals surface area contributed by atoms with Gasteiger partial charge in [0.05, 0.1) is 11.7 Å². The predicted molar refractivity (Wildman–Crippen MR) is 96.1 cm³/mol. The maximum absolute atomic E-state index is 12.8. The van der Waals surface area contributed by atoms with E-state index in [1.165, 1.54) is 5.56 Å². The largest absolute Gasteiger partial charge is 0.336 e. The van der Waals surface area contributed by atoms with Gasteiger partial charge in [0.25, 0.3) is 0 Å². The number of halogens is 1. The third kappa shape index (κ3) is 3.34. The van der Waals surface area contributed by atoms with Gasteiger partial charge in [-0.25, -0.2) is 0 Å². The maximum Gasteiger partial charge on any atom is 0.223 e. The number of amides is 1. The van der Waals surface area contributed by atoms with Crippen molar-refractivity contribution in [3.63, 3.8) is 0 Å². The zero-order valence-corrected chi connectivity index (χ0v) is 15.3. The number of benzene rings is 1. The van der Waals surface area contributed by atoms with Gasteiger partial charge in [-0.2, -0.15) is 5.10 Å². The second-order valence-electron chi connectivity index (χ2n) is 6.57. The summed E-state index contributed by atoms with van der Waals surface area (Å²) in [6.45, 7) is 4.91. The quantitative estimate of drug-likeness (QED) is 0.840. The fourth-order valence-corrected chi connectivity index (χ4v) is 3.88. The molecule has 0 N–H and O–H groups in total. The molecule has 0 saturated carbocycles. The molecule has 5 heteroatoms. The van der Waals surface area contributed by atoms with Gasteiger partial charge in [-0.1, -0.05) is 23.7 Å². The van der Waals surface area contributed by atoms with Crippen molar-refractivity contribution < 1.29 is 4.79 Å². The van der Waals surface area contributed by atoms with Crippen LogP contribution >= 0.6 is 11.6 Å². The lowest BCUT2D eigenvalue weighted by Gasteiger charge is -2.25. The lowest BCUT2D eigenvalue weighted by molar-refractivity contribution is -0.132. The molecule has 1 fully saturated rings. The Labute approximate surface area is 148 Å². The number of likely N-dealkylation sites (tertiary alicyclic amines) is 1. The van der Waals surface area contributed by atoms with E-state index in [1.54, 1.807) is 0 Å². The summed E-state index contributed by atoms with van der Waals surface area (Å²) in [4.78, 5) is 14.8. The second kappa shape index (κ2) is 6.98. The first kappa shape index (κ1) is 17.0. The van der Waals surface area contributed by atoms with E-state index in [1.807, 2.05) is 41.8 Å². The minimum absolute atomic E-state index is 0.160. The molecule has 1 aromatic carbocycles. The van der Waals surface area contributed by atoms with E-state index in [-0.39, 0.29) is 11.9 Å². The number of aromatic nitrogens is 2. The number of hydrogen-bond donors (Lipinski definition) is 0. The van der Waals surface area contributed by atoms with Gasteiger partial charge in [-0.3, -0.25) is 9.48 Å². The summed E-state index contributed by atoms with van der Waals surface area (Å²) in [5, 5.41) is 5.17. The van der Waals surface area contributed by atoms with Crippen molar-refractivity contribution in [3.05, 3.63) is 51.8 Å². The van der Waals surface area contributed by atoms with Gasteiger partial charge in [0.1, 0.15) is 0 Å². The Balaban J connectivity index is 1.70. The standard InChI is InChI=1S/C19H24ClN3O/c1-13-17(14(2)22(3)21-13)9-10-19(24)23-11-5-8-18(23)15-6-4-7-16(20)12-15/h4,6-7,12,18H,5,8-11H2,1-3H3/t18-/m0/s1. The van der Waals surface area contributed by atoms with Crippen molar-refractivity contribution in [1.82, 2.24) is 14.7 Å². The van der Waals surface area contributed by atoms with Crippen molar-refractivity contribution in [2.75, 3.05) is 6.54 Å². The topological polar surface area (TPSA) is 38.1 Å². The minimum atomic E-state index is 0.160. The highest BCUT2D eigenvalue weighted by Crippen LogP contribution is 2.33. The van der Waals surface area contributed by atoms with Crippen LogP contribution in [0.4, 0.5) is 0 Å². The summed E-state index contributed by atoms with van der Waals surface area (Å²) in [5.41, 5.74) is 4.51. The molecular formula is C19H24ClN3O. The van der Waals surface area contributed by atoms with Crippen LogP contribution in [-0.2, 0) is 18.3 Å². The third-order valence-corrected chi connectivity index (χ3v) is 5.29. The van der Waals surface area contributed by atoms with Crippen LogP contribution in [0.5, 0.6) is 0 Å². The van der Waals surface area contributed by atoms with E-state index in [0.717, 1.165) is 47.8 Å². The van der Waals surface area contributed by atoms with Crippen molar-refractivity contribution in [2.45, 2.75) is 45.6 Å². The molecule has 0 aliphatic carbocycles. The van der Waals surface area contributed by atoms with Crippen molar-refractivity contribution in [3.8, 4) is 0 Å². The van der Waals surface area contributed by atoms with Gasteiger partial charge in [-0.05, 0) is 56.4 Å². The molecule has 128 valence electrons. The average molecular weight is 346 g/mol. The van der Waals surface area contributed by atoms with E-state index in [2.05, 4.69) is 18.1 Å². The van der Waals surface area contributed by atoms with Crippen LogP contribution in [0.2, 0.25) is 5.02 Å². The Morgan fingerprint density at radius 1 is 1.38 bits per heavy atom. The molecule has 1 saturated heterocycles.